The van der Waals surface area contributed by atoms with Crippen molar-refractivity contribution in [3.8, 4) is 11.5 Å². The molecule has 0 aliphatic carbocycles. The third-order valence-electron chi connectivity index (χ3n) is 4.14. The molecule has 0 unspecified atom stereocenters. The lowest BCUT2D eigenvalue weighted by Gasteiger charge is -2.12. The van der Waals surface area contributed by atoms with Gasteiger partial charge in [-0.05, 0) is 41.8 Å². The summed E-state index contributed by atoms with van der Waals surface area (Å²) in [7, 11) is 0. The Labute approximate surface area is 150 Å². The molecule has 0 aromatic heterocycles. The van der Waals surface area contributed by atoms with Crippen LogP contribution >= 0.6 is 0 Å². The van der Waals surface area contributed by atoms with Crippen molar-refractivity contribution in [1.29, 1.82) is 0 Å². The van der Waals surface area contributed by atoms with E-state index in [-0.39, 0.29) is 0 Å². The molecule has 0 aliphatic rings. The molecule has 3 aromatic carbocycles. The monoisotopic (exact) mass is 332 g/mol. The van der Waals surface area contributed by atoms with Crippen LogP contribution in [0.3, 0.4) is 0 Å². The third-order valence-corrected chi connectivity index (χ3v) is 4.14. The van der Waals surface area contributed by atoms with E-state index in [0.717, 1.165) is 29.9 Å². The van der Waals surface area contributed by atoms with Crippen LogP contribution < -0.4 is 9.47 Å². The molecular weight excluding hydrogens is 308 g/mol. The Kier molecular flexibility index (Phi) is 6.11. The topological polar surface area (TPSA) is 18.5 Å². The lowest BCUT2D eigenvalue weighted by atomic mass is 10.1. The summed E-state index contributed by atoms with van der Waals surface area (Å²) in [5.74, 6) is 1.81. The highest BCUT2D eigenvalue weighted by atomic mass is 16.5. The molecule has 0 spiro atoms. The standard InChI is InChI=1S/C23H24O2/c1-19-18-22(24-16-14-20-8-4-2-5-9-20)12-13-23(19)25-17-15-21-10-6-3-7-11-21/h2-13,18H,14-17H2,1H3. The van der Waals surface area contributed by atoms with Crippen molar-refractivity contribution < 1.29 is 9.47 Å². The molecule has 0 amide bonds. The smallest absolute Gasteiger partial charge is 0.122 e. The van der Waals surface area contributed by atoms with Gasteiger partial charge in [0, 0.05) is 12.8 Å². The molecule has 0 heterocycles. The van der Waals surface area contributed by atoms with Crippen LogP contribution in [0.4, 0.5) is 0 Å². The number of rotatable bonds is 8. The minimum absolute atomic E-state index is 0.678. The van der Waals surface area contributed by atoms with E-state index in [0.29, 0.717) is 13.2 Å². The van der Waals surface area contributed by atoms with E-state index in [1.54, 1.807) is 0 Å². The Morgan fingerprint density at radius 1 is 0.640 bits per heavy atom. The van der Waals surface area contributed by atoms with Gasteiger partial charge in [-0.3, -0.25) is 0 Å². The molecule has 25 heavy (non-hydrogen) atoms. The van der Waals surface area contributed by atoms with Gasteiger partial charge in [-0.25, -0.2) is 0 Å². The highest BCUT2D eigenvalue weighted by molar-refractivity contribution is 5.39. The SMILES string of the molecule is Cc1cc(OCCc2ccccc2)ccc1OCCc1ccccc1. The molecule has 0 radical (unpaired) electrons. The first-order chi connectivity index (χ1) is 12.3. The lowest BCUT2D eigenvalue weighted by Crippen LogP contribution is -2.04. The second-order valence-electron chi connectivity index (χ2n) is 6.10. The van der Waals surface area contributed by atoms with Crippen molar-refractivity contribution in [2.24, 2.45) is 0 Å². The molecule has 0 bridgehead atoms. The molecule has 128 valence electrons. The number of hydrogen-bond acceptors (Lipinski definition) is 2. The van der Waals surface area contributed by atoms with Crippen LogP contribution in [0.1, 0.15) is 16.7 Å². The summed E-state index contributed by atoms with van der Waals surface area (Å²) in [4.78, 5) is 0. The number of aryl methyl sites for hydroxylation is 1. The summed E-state index contributed by atoms with van der Waals surface area (Å²) in [6, 6.07) is 26.8. The van der Waals surface area contributed by atoms with Crippen molar-refractivity contribution in [3.63, 3.8) is 0 Å². The van der Waals surface area contributed by atoms with Gasteiger partial charge in [-0.1, -0.05) is 60.7 Å². The van der Waals surface area contributed by atoms with Gasteiger partial charge >= 0.3 is 0 Å². The average molecular weight is 332 g/mol. The molecule has 0 aliphatic heterocycles. The van der Waals surface area contributed by atoms with E-state index < -0.39 is 0 Å². The quantitative estimate of drug-likeness (QED) is 0.562. The maximum atomic E-state index is 5.91. The van der Waals surface area contributed by atoms with Crippen molar-refractivity contribution in [3.05, 3.63) is 95.6 Å². The minimum Gasteiger partial charge on any atom is -0.493 e. The number of hydrogen-bond donors (Lipinski definition) is 0. The molecule has 0 N–H and O–H groups in total. The fourth-order valence-electron chi connectivity index (χ4n) is 2.73. The van der Waals surface area contributed by atoms with Crippen LogP contribution in [0, 0.1) is 6.92 Å². The Morgan fingerprint density at radius 2 is 1.20 bits per heavy atom. The fourth-order valence-corrected chi connectivity index (χ4v) is 2.73. The summed E-state index contributed by atoms with van der Waals surface area (Å²) in [6.45, 7) is 3.42. The van der Waals surface area contributed by atoms with Gasteiger partial charge in [0.15, 0.2) is 0 Å². The molecule has 0 atom stereocenters. The van der Waals surface area contributed by atoms with Crippen molar-refractivity contribution >= 4 is 0 Å². The second kappa shape index (κ2) is 8.93. The first-order valence-corrected chi connectivity index (χ1v) is 8.75. The van der Waals surface area contributed by atoms with Gasteiger partial charge < -0.3 is 9.47 Å². The molecule has 0 saturated carbocycles. The summed E-state index contributed by atoms with van der Waals surface area (Å²) in [5, 5.41) is 0. The Morgan fingerprint density at radius 3 is 1.76 bits per heavy atom. The van der Waals surface area contributed by atoms with Crippen LogP contribution in [0.2, 0.25) is 0 Å². The van der Waals surface area contributed by atoms with Crippen LogP contribution in [0.25, 0.3) is 0 Å². The van der Waals surface area contributed by atoms with Gasteiger partial charge in [0.1, 0.15) is 11.5 Å². The van der Waals surface area contributed by atoms with E-state index in [1.807, 2.05) is 30.3 Å². The molecule has 2 nitrogen and oxygen atoms in total. The highest BCUT2D eigenvalue weighted by Crippen LogP contribution is 2.23. The van der Waals surface area contributed by atoms with E-state index in [4.69, 9.17) is 9.47 Å². The first-order valence-electron chi connectivity index (χ1n) is 8.75. The van der Waals surface area contributed by atoms with Gasteiger partial charge in [-0.15, -0.1) is 0 Å². The molecule has 0 fully saturated rings. The maximum absolute atomic E-state index is 5.91. The van der Waals surface area contributed by atoms with Crippen LogP contribution in [0.15, 0.2) is 78.9 Å². The third kappa shape index (κ3) is 5.39. The van der Waals surface area contributed by atoms with Crippen molar-refractivity contribution in [1.82, 2.24) is 0 Å². The predicted molar refractivity (Wildman–Crippen MR) is 102 cm³/mol. The zero-order chi connectivity index (χ0) is 17.3. The van der Waals surface area contributed by atoms with Crippen molar-refractivity contribution in [2.75, 3.05) is 13.2 Å². The van der Waals surface area contributed by atoms with E-state index in [9.17, 15) is 0 Å². The minimum atomic E-state index is 0.678. The molecule has 0 saturated heterocycles. The number of ether oxygens (including phenoxy) is 2. The zero-order valence-corrected chi connectivity index (χ0v) is 14.7. The van der Waals surface area contributed by atoms with Crippen LogP contribution in [0.5, 0.6) is 11.5 Å². The largest absolute Gasteiger partial charge is 0.493 e. The first kappa shape index (κ1) is 17.1. The Hall–Kier alpha value is -2.74. The summed E-state index contributed by atoms with van der Waals surface area (Å²) < 4.78 is 11.8. The van der Waals surface area contributed by atoms with E-state index in [1.165, 1.54) is 11.1 Å². The summed E-state index contributed by atoms with van der Waals surface area (Å²) in [5.41, 5.74) is 3.69. The molecule has 3 rings (SSSR count). The van der Waals surface area contributed by atoms with E-state index in [2.05, 4.69) is 55.5 Å². The van der Waals surface area contributed by atoms with Crippen LogP contribution in [-0.2, 0) is 12.8 Å². The average Bonchev–Trinajstić information content (AvgIpc) is 2.65. The molecular formula is C23H24O2. The fraction of sp³-hybridized carbons (Fsp3) is 0.217. The predicted octanol–water partition coefficient (Wildman–Crippen LogP) is 5.24. The van der Waals surface area contributed by atoms with Crippen LogP contribution in [-0.4, -0.2) is 13.2 Å². The van der Waals surface area contributed by atoms with Gasteiger partial charge in [-0.2, -0.15) is 0 Å². The number of benzene rings is 3. The van der Waals surface area contributed by atoms with Crippen molar-refractivity contribution in [2.45, 2.75) is 19.8 Å². The maximum Gasteiger partial charge on any atom is 0.122 e. The second-order valence-corrected chi connectivity index (χ2v) is 6.10. The molecule has 3 aromatic rings. The Balaban J connectivity index is 1.47. The van der Waals surface area contributed by atoms with Gasteiger partial charge in [0.25, 0.3) is 0 Å². The van der Waals surface area contributed by atoms with Gasteiger partial charge in [0.2, 0.25) is 0 Å². The van der Waals surface area contributed by atoms with E-state index >= 15 is 0 Å². The highest BCUT2D eigenvalue weighted by Gasteiger charge is 2.03. The Bertz CT molecular complexity index is 767. The molecule has 2 heteroatoms. The zero-order valence-electron chi connectivity index (χ0n) is 14.7. The normalized spacial score (nSPS) is 10.4. The lowest BCUT2D eigenvalue weighted by molar-refractivity contribution is 0.311. The van der Waals surface area contributed by atoms with Gasteiger partial charge in [0.05, 0.1) is 13.2 Å². The summed E-state index contributed by atoms with van der Waals surface area (Å²) in [6.07, 6.45) is 1.82. The summed E-state index contributed by atoms with van der Waals surface area (Å²) >= 11 is 0.